The van der Waals surface area contributed by atoms with Crippen LogP contribution in [0, 0.1) is 0 Å². The molecule has 60 valence electrons. The van der Waals surface area contributed by atoms with Gasteiger partial charge in [0.05, 0.1) is 10.6 Å². The van der Waals surface area contributed by atoms with Gasteiger partial charge in [-0.05, 0) is 16.7 Å². The number of pyridine rings is 1. The lowest BCUT2D eigenvalue weighted by atomic mass is 10.4. The normalized spacial score (nSPS) is 12.8. The van der Waals surface area contributed by atoms with Crippen LogP contribution in [-0.2, 0) is 10.0 Å². The minimum atomic E-state index is -1.57. The van der Waals surface area contributed by atoms with E-state index in [0.29, 0.717) is 4.90 Å². The topological polar surface area (TPSA) is 82.0 Å². The van der Waals surface area contributed by atoms with Crippen LogP contribution >= 0.6 is 10.7 Å². The standard InChI is InChI=1S/C5H6ClN3OS/c6-11(10)3-1-4(7)5(8)9-2-3/h1-2H,7H2,(H2,8,9). The van der Waals surface area contributed by atoms with Gasteiger partial charge in [-0.15, -0.1) is 0 Å². The predicted molar refractivity (Wildman–Crippen MR) is 45.3 cm³/mol. The Kier molecular flexibility index (Phi) is 2.31. The Morgan fingerprint density at radius 1 is 1.55 bits per heavy atom. The largest absolute Gasteiger partial charge is 0.396 e. The van der Waals surface area contributed by atoms with Gasteiger partial charge in [0, 0.05) is 6.20 Å². The molecule has 1 aromatic heterocycles. The summed E-state index contributed by atoms with van der Waals surface area (Å²) in [5.74, 6) is 0.218. The molecule has 0 aliphatic rings. The molecule has 0 aliphatic heterocycles. The average molecular weight is 192 g/mol. The molecule has 0 aliphatic carbocycles. The fourth-order valence-corrected chi connectivity index (χ4v) is 1.17. The van der Waals surface area contributed by atoms with Crippen molar-refractivity contribution in [1.29, 1.82) is 0 Å². The van der Waals surface area contributed by atoms with E-state index in [1.54, 1.807) is 0 Å². The summed E-state index contributed by atoms with van der Waals surface area (Å²) in [6.07, 6.45) is 1.33. The number of nitrogens with zero attached hydrogens (tertiary/aromatic N) is 1. The summed E-state index contributed by atoms with van der Waals surface area (Å²) in [6, 6.07) is 1.44. The number of halogens is 1. The predicted octanol–water partition coefficient (Wildman–Crippen LogP) is 0.507. The highest BCUT2D eigenvalue weighted by Gasteiger charge is 2.02. The third-order valence-electron chi connectivity index (χ3n) is 1.11. The van der Waals surface area contributed by atoms with E-state index in [4.69, 9.17) is 22.1 Å². The number of rotatable bonds is 1. The molecule has 1 heterocycles. The third kappa shape index (κ3) is 1.81. The highest BCUT2D eigenvalue weighted by Crippen LogP contribution is 2.16. The molecule has 0 radical (unpaired) electrons. The van der Waals surface area contributed by atoms with Crippen LogP contribution in [0.25, 0.3) is 0 Å². The van der Waals surface area contributed by atoms with E-state index in [0.717, 1.165) is 0 Å². The number of anilines is 2. The molecule has 0 aromatic carbocycles. The number of nitrogen functional groups attached to an aromatic ring is 2. The molecule has 6 heteroatoms. The van der Waals surface area contributed by atoms with Crippen LogP contribution in [0.5, 0.6) is 0 Å². The highest BCUT2D eigenvalue weighted by atomic mass is 35.7. The number of hydrogen-bond donors (Lipinski definition) is 2. The Balaban J connectivity index is 3.15. The van der Waals surface area contributed by atoms with Gasteiger partial charge in [0.2, 0.25) is 0 Å². The summed E-state index contributed by atoms with van der Waals surface area (Å²) in [4.78, 5) is 4.03. The van der Waals surface area contributed by atoms with Gasteiger partial charge in [0.1, 0.15) is 15.8 Å². The first-order valence-electron chi connectivity index (χ1n) is 2.70. The SMILES string of the molecule is Nc1cc(S(=O)Cl)cnc1N. The maximum absolute atomic E-state index is 10.6. The lowest BCUT2D eigenvalue weighted by Gasteiger charge is -1.98. The molecule has 0 bridgehead atoms. The number of hydrogen-bond acceptors (Lipinski definition) is 4. The zero-order valence-corrected chi connectivity index (χ0v) is 7.02. The zero-order chi connectivity index (χ0) is 8.43. The molecular formula is C5H6ClN3OS. The van der Waals surface area contributed by atoms with Crippen molar-refractivity contribution < 1.29 is 4.21 Å². The van der Waals surface area contributed by atoms with Crippen LogP contribution in [0.3, 0.4) is 0 Å². The molecule has 4 N–H and O–H groups in total. The van der Waals surface area contributed by atoms with Crippen LogP contribution < -0.4 is 11.5 Å². The summed E-state index contributed by atoms with van der Waals surface area (Å²) >= 11 is 0. The lowest BCUT2D eigenvalue weighted by Crippen LogP contribution is -1.98. The van der Waals surface area contributed by atoms with E-state index in [9.17, 15) is 4.21 Å². The van der Waals surface area contributed by atoms with Crippen molar-refractivity contribution in [2.75, 3.05) is 11.5 Å². The van der Waals surface area contributed by atoms with Gasteiger partial charge in [-0.1, -0.05) is 0 Å². The van der Waals surface area contributed by atoms with E-state index in [2.05, 4.69) is 4.98 Å². The smallest absolute Gasteiger partial charge is 0.149 e. The van der Waals surface area contributed by atoms with E-state index < -0.39 is 10.0 Å². The van der Waals surface area contributed by atoms with E-state index in [-0.39, 0.29) is 11.5 Å². The first kappa shape index (κ1) is 8.29. The van der Waals surface area contributed by atoms with Gasteiger partial charge >= 0.3 is 0 Å². The maximum Gasteiger partial charge on any atom is 0.149 e. The average Bonchev–Trinajstić information content (AvgIpc) is 1.94. The van der Waals surface area contributed by atoms with E-state index in [1.165, 1.54) is 12.3 Å². The van der Waals surface area contributed by atoms with Crippen molar-refractivity contribution in [3.8, 4) is 0 Å². The molecule has 0 amide bonds. The van der Waals surface area contributed by atoms with Gasteiger partial charge in [0.15, 0.2) is 0 Å². The molecule has 1 unspecified atom stereocenters. The number of aromatic nitrogens is 1. The summed E-state index contributed by atoms with van der Waals surface area (Å²) in [7, 11) is 3.69. The van der Waals surface area contributed by atoms with Gasteiger partial charge in [-0.25, -0.2) is 9.19 Å². The van der Waals surface area contributed by atoms with Crippen LogP contribution in [0.2, 0.25) is 0 Å². The second-order valence-corrected chi connectivity index (χ2v) is 3.63. The Morgan fingerprint density at radius 3 is 2.64 bits per heavy atom. The molecule has 1 atom stereocenters. The Hall–Kier alpha value is -0.810. The first-order valence-corrected chi connectivity index (χ1v) is 4.68. The molecule has 0 fully saturated rings. The van der Waals surface area contributed by atoms with Gasteiger partial charge < -0.3 is 11.5 Å². The van der Waals surface area contributed by atoms with Crippen LogP contribution in [0.4, 0.5) is 11.5 Å². The summed E-state index contributed by atoms with van der Waals surface area (Å²) in [5.41, 5.74) is 11.0. The van der Waals surface area contributed by atoms with Crippen LogP contribution in [-0.4, -0.2) is 9.19 Å². The van der Waals surface area contributed by atoms with Crippen molar-refractivity contribution in [1.82, 2.24) is 4.98 Å². The second-order valence-electron chi connectivity index (χ2n) is 1.87. The molecular weight excluding hydrogens is 186 g/mol. The maximum atomic E-state index is 10.6. The summed E-state index contributed by atoms with van der Waals surface area (Å²) in [5, 5.41) is 0. The molecule has 1 rings (SSSR count). The fraction of sp³-hybridized carbons (Fsp3) is 0. The minimum Gasteiger partial charge on any atom is -0.396 e. The lowest BCUT2D eigenvalue weighted by molar-refractivity contribution is 0.691. The Morgan fingerprint density at radius 2 is 2.18 bits per heavy atom. The van der Waals surface area contributed by atoms with E-state index >= 15 is 0 Å². The third-order valence-corrected chi connectivity index (χ3v) is 2.24. The van der Waals surface area contributed by atoms with Gasteiger partial charge in [-0.3, -0.25) is 0 Å². The molecule has 11 heavy (non-hydrogen) atoms. The van der Waals surface area contributed by atoms with Crippen molar-refractivity contribution in [2.45, 2.75) is 4.90 Å². The molecule has 4 nitrogen and oxygen atoms in total. The quantitative estimate of drug-likeness (QED) is 0.634. The highest BCUT2D eigenvalue weighted by molar-refractivity contribution is 8.08. The van der Waals surface area contributed by atoms with Crippen LogP contribution in [0.1, 0.15) is 0 Å². The van der Waals surface area contributed by atoms with Crippen molar-refractivity contribution >= 4 is 32.2 Å². The van der Waals surface area contributed by atoms with Gasteiger partial charge in [0.25, 0.3) is 0 Å². The summed E-state index contributed by atoms with van der Waals surface area (Å²) in [6.45, 7) is 0. The number of nitrogens with two attached hydrogens (primary N) is 2. The molecule has 1 aromatic rings. The van der Waals surface area contributed by atoms with E-state index in [1.807, 2.05) is 0 Å². The Labute approximate surface area is 70.5 Å². The van der Waals surface area contributed by atoms with Crippen molar-refractivity contribution in [2.24, 2.45) is 0 Å². The zero-order valence-electron chi connectivity index (χ0n) is 5.45. The first-order chi connectivity index (χ1) is 5.11. The van der Waals surface area contributed by atoms with Crippen molar-refractivity contribution in [3.63, 3.8) is 0 Å². The van der Waals surface area contributed by atoms with Gasteiger partial charge in [-0.2, -0.15) is 0 Å². The fourth-order valence-electron chi connectivity index (χ4n) is 0.560. The summed E-state index contributed by atoms with van der Waals surface area (Å²) < 4.78 is 10.6. The molecule has 0 saturated heterocycles. The van der Waals surface area contributed by atoms with Crippen molar-refractivity contribution in [3.05, 3.63) is 12.3 Å². The second kappa shape index (κ2) is 3.06. The molecule has 0 spiro atoms. The molecule has 0 saturated carbocycles. The monoisotopic (exact) mass is 191 g/mol. The van der Waals surface area contributed by atoms with Crippen LogP contribution in [0.15, 0.2) is 17.2 Å². The Bertz CT molecular complexity index is 304. The minimum absolute atomic E-state index is 0.218.